The summed E-state index contributed by atoms with van der Waals surface area (Å²) in [6.07, 6.45) is 1.12. The molecule has 0 unspecified atom stereocenters. The van der Waals surface area contributed by atoms with E-state index in [1.54, 1.807) is 0 Å². The number of ether oxygens (including phenoxy) is 2. The van der Waals surface area contributed by atoms with Crippen LogP contribution in [-0.2, 0) is 4.74 Å². The third-order valence-electron chi connectivity index (χ3n) is 2.93. The summed E-state index contributed by atoms with van der Waals surface area (Å²) in [6, 6.07) is 8.16. The van der Waals surface area contributed by atoms with Crippen LogP contribution in [0, 0.1) is 8.99 Å². The fourth-order valence-electron chi connectivity index (χ4n) is 1.55. The van der Waals surface area contributed by atoms with Gasteiger partial charge in [-0.1, -0.05) is 6.92 Å². The monoisotopic (exact) mass is 318 g/mol. The van der Waals surface area contributed by atoms with E-state index in [2.05, 4.69) is 41.6 Å². The molecular weight excluding hydrogens is 303 g/mol. The lowest BCUT2D eigenvalue weighted by atomic mass is 9.84. The van der Waals surface area contributed by atoms with Gasteiger partial charge in [0.2, 0.25) is 0 Å². The summed E-state index contributed by atoms with van der Waals surface area (Å²) in [5.74, 6) is 0.954. The molecule has 1 aromatic carbocycles. The Bertz CT molecular complexity index is 311. The van der Waals surface area contributed by atoms with Crippen molar-refractivity contribution in [2.45, 2.75) is 13.3 Å². The standard InChI is InChI=1S/C12H15IO2/c1-2-12(7-14-8-12)9-15-11-5-3-10(13)4-6-11/h3-6H,2,7-9H2,1H3. The fourth-order valence-corrected chi connectivity index (χ4v) is 1.91. The van der Waals surface area contributed by atoms with E-state index in [0.29, 0.717) is 0 Å². The van der Waals surface area contributed by atoms with E-state index >= 15 is 0 Å². The Balaban J connectivity index is 1.90. The van der Waals surface area contributed by atoms with Crippen LogP contribution in [0.4, 0.5) is 0 Å². The highest BCUT2D eigenvalue weighted by atomic mass is 127. The van der Waals surface area contributed by atoms with Gasteiger partial charge in [-0.05, 0) is 53.3 Å². The van der Waals surface area contributed by atoms with Crippen LogP contribution in [0.3, 0.4) is 0 Å². The SMILES string of the molecule is CCC1(COc2ccc(I)cc2)COC1. The van der Waals surface area contributed by atoms with Gasteiger partial charge in [-0.15, -0.1) is 0 Å². The van der Waals surface area contributed by atoms with Crippen molar-refractivity contribution in [1.82, 2.24) is 0 Å². The third kappa shape index (κ3) is 2.64. The molecule has 0 amide bonds. The lowest BCUT2D eigenvalue weighted by Crippen LogP contribution is -2.46. The van der Waals surface area contributed by atoms with Gasteiger partial charge in [-0.2, -0.15) is 0 Å². The van der Waals surface area contributed by atoms with Crippen molar-refractivity contribution in [1.29, 1.82) is 0 Å². The van der Waals surface area contributed by atoms with Crippen molar-refractivity contribution in [3.63, 3.8) is 0 Å². The van der Waals surface area contributed by atoms with Crippen LogP contribution in [-0.4, -0.2) is 19.8 Å². The van der Waals surface area contributed by atoms with Gasteiger partial charge in [-0.25, -0.2) is 0 Å². The average molecular weight is 318 g/mol. The first kappa shape index (κ1) is 11.2. The summed E-state index contributed by atoms with van der Waals surface area (Å²) < 4.78 is 12.3. The van der Waals surface area contributed by atoms with Crippen molar-refractivity contribution in [3.05, 3.63) is 27.8 Å². The molecule has 1 aromatic rings. The average Bonchev–Trinajstić information content (AvgIpc) is 2.20. The molecule has 0 saturated carbocycles. The molecule has 82 valence electrons. The maximum absolute atomic E-state index is 5.78. The molecule has 0 spiro atoms. The number of hydrogen-bond donors (Lipinski definition) is 0. The quantitative estimate of drug-likeness (QED) is 0.794. The summed E-state index contributed by atoms with van der Waals surface area (Å²) in [6.45, 7) is 4.64. The van der Waals surface area contributed by atoms with E-state index in [1.807, 2.05) is 12.1 Å². The van der Waals surface area contributed by atoms with E-state index in [4.69, 9.17) is 9.47 Å². The second-order valence-electron chi connectivity index (χ2n) is 4.09. The molecule has 0 radical (unpaired) electrons. The number of rotatable bonds is 4. The van der Waals surface area contributed by atoms with Gasteiger partial charge in [0, 0.05) is 3.57 Å². The van der Waals surface area contributed by atoms with Gasteiger partial charge in [0.05, 0.1) is 25.2 Å². The van der Waals surface area contributed by atoms with Gasteiger partial charge >= 0.3 is 0 Å². The molecule has 15 heavy (non-hydrogen) atoms. The maximum atomic E-state index is 5.78. The minimum absolute atomic E-state index is 0.267. The molecule has 1 aliphatic heterocycles. The zero-order valence-electron chi connectivity index (χ0n) is 8.83. The zero-order chi connectivity index (χ0) is 10.7. The third-order valence-corrected chi connectivity index (χ3v) is 3.64. The first-order valence-corrected chi connectivity index (χ1v) is 6.28. The Hall–Kier alpha value is -0.290. The minimum Gasteiger partial charge on any atom is -0.493 e. The first-order valence-electron chi connectivity index (χ1n) is 5.20. The Labute approximate surface area is 104 Å². The summed E-state index contributed by atoms with van der Waals surface area (Å²) in [7, 11) is 0. The lowest BCUT2D eigenvalue weighted by molar-refractivity contribution is -0.133. The predicted octanol–water partition coefficient (Wildman–Crippen LogP) is 3.10. The smallest absolute Gasteiger partial charge is 0.119 e. The number of benzene rings is 1. The van der Waals surface area contributed by atoms with Crippen LogP contribution in [0.1, 0.15) is 13.3 Å². The second-order valence-corrected chi connectivity index (χ2v) is 5.33. The van der Waals surface area contributed by atoms with Crippen molar-refractivity contribution in [2.75, 3.05) is 19.8 Å². The molecule has 0 N–H and O–H groups in total. The molecule has 1 fully saturated rings. The van der Waals surface area contributed by atoms with Crippen LogP contribution in [0.15, 0.2) is 24.3 Å². The Morgan fingerprint density at radius 1 is 1.33 bits per heavy atom. The van der Waals surface area contributed by atoms with Gasteiger partial charge in [0.1, 0.15) is 5.75 Å². The molecule has 0 aliphatic carbocycles. The molecule has 1 saturated heterocycles. The van der Waals surface area contributed by atoms with Gasteiger partial charge in [0.25, 0.3) is 0 Å². The summed E-state index contributed by atoms with van der Waals surface area (Å²) in [4.78, 5) is 0. The second kappa shape index (κ2) is 4.70. The van der Waals surface area contributed by atoms with Crippen LogP contribution in [0.25, 0.3) is 0 Å². The molecule has 2 nitrogen and oxygen atoms in total. The Kier molecular flexibility index (Phi) is 3.51. The van der Waals surface area contributed by atoms with Crippen LogP contribution in [0.5, 0.6) is 5.75 Å². The Morgan fingerprint density at radius 2 is 2.00 bits per heavy atom. The van der Waals surface area contributed by atoms with E-state index < -0.39 is 0 Å². The molecular formula is C12H15IO2. The summed E-state index contributed by atoms with van der Waals surface area (Å²) >= 11 is 2.29. The highest BCUT2D eigenvalue weighted by Gasteiger charge is 2.37. The van der Waals surface area contributed by atoms with E-state index in [0.717, 1.165) is 32.0 Å². The largest absolute Gasteiger partial charge is 0.493 e. The van der Waals surface area contributed by atoms with E-state index in [1.165, 1.54) is 3.57 Å². The topological polar surface area (TPSA) is 18.5 Å². The molecule has 0 bridgehead atoms. The highest BCUT2D eigenvalue weighted by Crippen LogP contribution is 2.31. The molecule has 1 heterocycles. The van der Waals surface area contributed by atoms with Gasteiger partial charge in [-0.3, -0.25) is 0 Å². The van der Waals surface area contributed by atoms with E-state index in [9.17, 15) is 0 Å². The van der Waals surface area contributed by atoms with Crippen molar-refractivity contribution >= 4 is 22.6 Å². The molecule has 1 aliphatic rings. The minimum atomic E-state index is 0.267. The van der Waals surface area contributed by atoms with Gasteiger partial charge in [0.15, 0.2) is 0 Å². The summed E-state index contributed by atoms with van der Waals surface area (Å²) in [5, 5.41) is 0. The predicted molar refractivity (Wildman–Crippen MR) is 68.2 cm³/mol. The van der Waals surface area contributed by atoms with Crippen LogP contribution < -0.4 is 4.74 Å². The van der Waals surface area contributed by atoms with Crippen LogP contribution in [0.2, 0.25) is 0 Å². The van der Waals surface area contributed by atoms with Gasteiger partial charge < -0.3 is 9.47 Å². The molecule has 2 rings (SSSR count). The fraction of sp³-hybridized carbons (Fsp3) is 0.500. The van der Waals surface area contributed by atoms with Crippen molar-refractivity contribution in [3.8, 4) is 5.75 Å². The highest BCUT2D eigenvalue weighted by molar-refractivity contribution is 14.1. The maximum Gasteiger partial charge on any atom is 0.119 e. The summed E-state index contributed by atoms with van der Waals surface area (Å²) in [5.41, 5.74) is 0.267. The number of hydrogen-bond acceptors (Lipinski definition) is 2. The number of halogens is 1. The zero-order valence-corrected chi connectivity index (χ0v) is 11.0. The van der Waals surface area contributed by atoms with Crippen LogP contribution >= 0.6 is 22.6 Å². The Morgan fingerprint density at radius 3 is 2.47 bits per heavy atom. The molecule has 0 aromatic heterocycles. The van der Waals surface area contributed by atoms with Crippen molar-refractivity contribution in [2.24, 2.45) is 5.41 Å². The molecule has 0 atom stereocenters. The molecule has 3 heteroatoms. The van der Waals surface area contributed by atoms with Crippen molar-refractivity contribution < 1.29 is 9.47 Å². The normalized spacial score (nSPS) is 18.3. The van der Waals surface area contributed by atoms with E-state index in [-0.39, 0.29) is 5.41 Å². The first-order chi connectivity index (χ1) is 7.24. The lowest BCUT2D eigenvalue weighted by Gasteiger charge is -2.40.